The van der Waals surface area contributed by atoms with Gasteiger partial charge in [0.15, 0.2) is 0 Å². The van der Waals surface area contributed by atoms with Gasteiger partial charge in [-0.1, -0.05) is 26.0 Å². The molecule has 1 atom stereocenters. The first-order chi connectivity index (χ1) is 9.53. The Morgan fingerprint density at radius 2 is 1.75 bits per heavy atom. The van der Waals surface area contributed by atoms with Crippen LogP contribution >= 0.6 is 0 Å². The van der Waals surface area contributed by atoms with E-state index in [2.05, 4.69) is 31.4 Å². The van der Waals surface area contributed by atoms with Crippen LogP contribution in [0.25, 0.3) is 0 Å². The largest absolute Gasteiger partial charge is 0.325 e. The molecule has 0 radical (unpaired) electrons. The molecule has 0 bridgehead atoms. The van der Waals surface area contributed by atoms with Crippen LogP contribution in [0.1, 0.15) is 45.2 Å². The van der Waals surface area contributed by atoms with Crippen molar-refractivity contribution in [3.8, 4) is 0 Å². The monoisotopic (exact) mass is 277 g/mol. The summed E-state index contributed by atoms with van der Waals surface area (Å²) in [7, 11) is 3.79. The van der Waals surface area contributed by atoms with Crippen molar-refractivity contribution in [3.05, 3.63) is 29.8 Å². The van der Waals surface area contributed by atoms with Gasteiger partial charge in [-0.2, -0.15) is 0 Å². The normalized spacial score (nSPS) is 12.3. The summed E-state index contributed by atoms with van der Waals surface area (Å²) in [6.07, 6.45) is 1.94. The van der Waals surface area contributed by atoms with Crippen LogP contribution in [-0.4, -0.2) is 31.1 Å². The number of carbonyl (C=O) groups is 1. The fourth-order valence-electron chi connectivity index (χ4n) is 2.24. The molecule has 1 aromatic rings. The molecule has 0 spiro atoms. The van der Waals surface area contributed by atoms with Crippen molar-refractivity contribution >= 4 is 11.7 Å². The third-order valence-corrected chi connectivity index (χ3v) is 3.91. The number of rotatable bonds is 6. The van der Waals surface area contributed by atoms with E-state index in [-0.39, 0.29) is 6.03 Å². The minimum absolute atomic E-state index is 0.0480. The number of anilines is 1. The molecule has 0 saturated heterocycles. The summed E-state index contributed by atoms with van der Waals surface area (Å²) in [5.74, 6) is 0. The van der Waals surface area contributed by atoms with Gasteiger partial charge >= 0.3 is 6.03 Å². The number of amides is 2. The van der Waals surface area contributed by atoms with E-state index < -0.39 is 0 Å². The van der Waals surface area contributed by atoms with Crippen molar-refractivity contribution in [2.75, 3.05) is 19.4 Å². The molecule has 0 aromatic heterocycles. The van der Waals surface area contributed by atoms with Crippen molar-refractivity contribution in [1.82, 2.24) is 10.2 Å². The lowest BCUT2D eigenvalue weighted by molar-refractivity contribution is 0.200. The molecule has 112 valence electrons. The van der Waals surface area contributed by atoms with Gasteiger partial charge in [-0.15, -0.1) is 0 Å². The minimum Gasteiger partial charge on any atom is -0.325 e. The maximum absolute atomic E-state index is 12.1. The van der Waals surface area contributed by atoms with E-state index in [1.54, 1.807) is 4.90 Å². The molecular weight excluding hydrogens is 250 g/mol. The molecule has 1 unspecified atom stereocenters. The van der Waals surface area contributed by atoms with Gasteiger partial charge in [0, 0.05) is 24.8 Å². The van der Waals surface area contributed by atoms with E-state index in [4.69, 9.17) is 0 Å². The second-order valence-electron chi connectivity index (χ2n) is 5.14. The Morgan fingerprint density at radius 3 is 2.20 bits per heavy atom. The number of nitrogens with one attached hydrogen (secondary N) is 2. The number of hydrogen-bond donors (Lipinski definition) is 2. The number of urea groups is 1. The maximum Gasteiger partial charge on any atom is 0.321 e. The third-order valence-electron chi connectivity index (χ3n) is 3.91. The highest BCUT2D eigenvalue weighted by Gasteiger charge is 2.16. The fourth-order valence-corrected chi connectivity index (χ4v) is 2.24. The van der Waals surface area contributed by atoms with Crippen LogP contribution in [0.3, 0.4) is 0 Å². The summed E-state index contributed by atoms with van der Waals surface area (Å²) >= 11 is 0. The van der Waals surface area contributed by atoms with E-state index in [9.17, 15) is 4.79 Å². The Hall–Kier alpha value is -1.55. The molecule has 0 saturated carbocycles. The summed E-state index contributed by atoms with van der Waals surface area (Å²) in [5.41, 5.74) is 2.04. The van der Waals surface area contributed by atoms with Crippen molar-refractivity contribution in [3.63, 3.8) is 0 Å². The maximum atomic E-state index is 12.1. The quantitative estimate of drug-likeness (QED) is 0.834. The Kier molecular flexibility index (Phi) is 6.52. The number of hydrogen-bond acceptors (Lipinski definition) is 2. The highest BCUT2D eigenvalue weighted by molar-refractivity contribution is 5.89. The van der Waals surface area contributed by atoms with E-state index in [1.165, 1.54) is 5.56 Å². The molecule has 0 aliphatic heterocycles. The zero-order valence-corrected chi connectivity index (χ0v) is 13.2. The Morgan fingerprint density at radius 1 is 1.20 bits per heavy atom. The van der Waals surface area contributed by atoms with E-state index in [0.717, 1.165) is 18.5 Å². The van der Waals surface area contributed by atoms with Crippen LogP contribution < -0.4 is 10.6 Å². The van der Waals surface area contributed by atoms with Crippen LogP contribution in [-0.2, 0) is 0 Å². The second kappa shape index (κ2) is 7.90. The highest BCUT2D eigenvalue weighted by atomic mass is 16.2. The number of carbonyl (C=O) groups excluding carboxylic acids is 1. The van der Waals surface area contributed by atoms with E-state index in [1.807, 2.05) is 38.4 Å². The van der Waals surface area contributed by atoms with Crippen LogP contribution in [0.2, 0.25) is 0 Å². The van der Waals surface area contributed by atoms with Crippen molar-refractivity contribution in [2.24, 2.45) is 0 Å². The smallest absolute Gasteiger partial charge is 0.321 e. The first-order valence-corrected chi connectivity index (χ1v) is 7.34. The molecule has 4 heteroatoms. The molecule has 4 nitrogen and oxygen atoms in total. The molecule has 2 amide bonds. The zero-order valence-electron chi connectivity index (χ0n) is 13.2. The van der Waals surface area contributed by atoms with Crippen LogP contribution in [0.15, 0.2) is 24.3 Å². The molecule has 0 aliphatic rings. The van der Waals surface area contributed by atoms with Crippen LogP contribution in [0.5, 0.6) is 0 Å². The van der Waals surface area contributed by atoms with Gasteiger partial charge < -0.3 is 15.5 Å². The third kappa shape index (κ3) is 4.23. The summed E-state index contributed by atoms with van der Waals surface area (Å²) in [4.78, 5) is 13.9. The predicted molar refractivity (Wildman–Crippen MR) is 85.1 cm³/mol. The SMILES string of the molecule is CCC(CC)N(C)C(=O)Nc1ccc(C(C)NC)cc1. The minimum atomic E-state index is -0.0480. The van der Waals surface area contributed by atoms with Gasteiger partial charge in [-0.05, 0) is 44.5 Å². The molecular formula is C16H27N3O. The van der Waals surface area contributed by atoms with Crippen molar-refractivity contribution in [1.29, 1.82) is 0 Å². The number of benzene rings is 1. The van der Waals surface area contributed by atoms with Crippen molar-refractivity contribution in [2.45, 2.75) is 45.7 Å². The lowest BCUT2D eigenvalue weighted by atomic mass is 10.1. The summed E-state index contributed by atoms with van der Waals surface area (Å²) in [6.45, 7) is 6.31. The first kappa shape index (κ1) is 16.5. The molecule has 0 aliphatic carbocycles. The number of nitrogens with zero attached hydrogens (tertiary/aromatic N) is 1. The average Bonchev–Trinajstić information content (AvgIpc) is 2.48. The van der Waals surface area contributed by atoms with Crippen LogP contribution in [0.4, 0.5) is 10.5 Å². The van der Waals surface area contributed by atoms with E-state index in [0.29, 0.717) is 12.1 Å². The van der Waals surface area contributed by atoms with Gasteiger partial charge in [0.05, 0.1) is 0 Å². The zero-order chi connectivity index (χ0) is 15.1. The highest BCUT2D eigenvalue weighted by Crippen LogP contribution is 2.16. The van der Waals surface area contributed by atoms with Gasteiger partial charge in [0.2, 0.25) is 0 Å². The lowest BCUT2D eigenvalue weighted by Gasteiger charge is -2.26. The standard InChI is InChI=1S/C16H27N3O/c1-6-15(7-2)19(5)16(20)18-14-10-8-13(9-11-14)12(3)17-4/h8-12,15,17H,6-7H2,1-5H3,(H,18,20). The fraction of sp³-hybridized carbons (Fsp3) is 0.562. The van der Waals surface area contributed by atoms with E-state index >= 15 is 0 Å². The second-order valence-corrected chi connectivity index (χ2v) is 5.14. The molecule has 0 fully saturated rings. The molecule has 20 heavy (non-hydrogen) atoms. The predicted octanol–water partition coefficient (Wildman–Crippen LogP) is 3.62. The lowest BCUT2D eigenvalue weighted by Crippen LogP contribution is -2.39. The van der Waals surface area contributed by atoms with Gasteiger partial charge in [-0.3, -0.25) is 0 Å². The topological polar surface area (TPSA) is 44.4 Å². The molecule has 1 aromatic carbocycles. The summed E-state index contributed by atoms with van der Waals surface area (Å²) in [6, 6.07) is 8.52. The van der Waals surface area contributed by atoms with Gasteiger partial charge in [-0.25, -0.2) is 4.79 Å². The molecule has 0 heterocycles. The Bertz CT molecular complexity index is 412. The Labute approximate surface area is 122 Å². The van der Waals surface area contributed by atoms with Gasteiger partial charge in [0.25, 0.3) is 0 Å². The first-order valence-electron chi connectivity index (χ1n) is 7.34. The Balaban J connectivity index is 2.66. The van der Waals surface area contributed by atoms with Crippen molar-refractivity contribution < 1.29 is 4.79 Å². The van der Waals surface area contributed by atoms with Crippen LogP contribution in [0, 0.1) is 0 Å². The van der Waals surface area contributed by atoms with Gasteiger partial charge in [0.1, 0.15) is 0 Å². The molecule has 2 N–H and O–H groups in total. The average molecular weight is 277 g/mol. The summed E-state index contributed by atoms with van der Waals surface area (Å²) in [5, 5.41) is 6.14. The molecule has 1 rings (SSSR count). The summed E-state index contributed by atoms with van der Waals surface area (Å²) < 4.78 is 0.